The molecule has 0 fully saturated rings. The van der Waals surface area contributed by atoms with Crippen LogP contribution in [-0.4, -0.2) is 16.5 Å². The topological polar surface area (TPSA) is 37.8 Å². The summed E-state index contributed by atoms with van der Waals surface area (Å²) >= 11 is 0. The quantitative estimate of drug-likeness (QED) is 0.829. The molecule has 2 aromatic rings. The number of nitrogens with one attached hydrogen (secondary N) is 1. The number of nitrogens with zero attached hydrogens (tertiary/aromatic N) is 2. The molecular weight excluding hydrogens is 222 g/mol. The number of fused-ring (bicyclic) bond motifs is 1. The van der Waals surface area contributed by atoms with Crippen LogP contribution in [0, 0.1) is 0 Å². The second kappa shape index (κ2) is 5.17. The van der Waals surface area contributed by atoms with E-state index in [1.165, 1.54) is 19.3 Å². The minimum Gasteiger partial charge on any atom is -0.354 e. The van der Waals surface area contributed by atoms with Gasteiger partial charge in [0.05, 0.1) is 5.52 Å². The van der Waals surface area contributed by atoms with Crippen LogP contribution in [0.25, 0.3) is 10.9 Å². The van der Waals surface area contributed by atoms with Crippen LogP contribution >= 0.6 is 0 Å². The van der Waals surface area contributed by atoms with Gasteiger partial charge in [0.15, 0.2) is 0 Å². The molecular formula is C15H17N3. The molecule has 0 bridgehead atoms. The Morgan fingerprint density at radius 1 is 1.22 bits per heavy atom. The summed E-state index contributed by atoms with van der Waals surface area (Å²) in [6.07, 6.45) is 9.18. The van der Waals surface area contributed by atoms with Crippen LogP contribution in [0.15, 0.2) is 42.1 Å². The van der Waals surface area contributed by atoms with Crippen LogP contribution in [0.3, 0.4) is 0 Å². The highest BCUT2D eigenvalue weighted by Gasteiger charge is 2.04. The second-order valence-corrected chi connectivity index (χ2v) is 4.68. The molecule has 1 N–H and O–H groups in total. The predicted molar refractivity (Wildman–Crippen MR) is 74.6 cm³/mol. The Bertz CT molecular complexity index is 575. The number of hydrogen-bond acceptors (Lipinski definition) is 3. The fourth-order valence-electron chi connectivity index (χ4n) is 2.36. The number of hydrogen-bond donors (Lipinski definition) is 1. The molecule has 3 heteroatoms. The zero-order valence-corrected chi connectivity index (χ0v) is 10.4. The zero-order chi connectivity index (χ0) is 12.2. The first-order chi connectivity index (χ1) is 8.92. The molecule has 0 aliphatic heterocycles. The lowest BCUT2D eigenvalue weighted by atomic mass is 10.2. The Balaban J connectivity index is 1.63. The van der Waals surface area contributed by atoms with Gasteiger partial charge in [-0.05, 0) is 31.7 Å². The number of aromatic nitrogens is 2. The summed E-state index contributed by atoms with van der Waals surface area (Å²) in [4.78, 5) is 8.83. The maximum atomic E-state index is 4.50. The van der Waals surface area contributed by atoms with E-state index in [1.807, 2.05) is 30.5 Å². The number of anilines is 1. The molecule has 0 atom stereocenters. The van der Waals surface area contributed by atoms with Gasteiger partial charge in [-0.1, -0.05) is 29.8 Å². The van der Waals surface area contributed by atoms with Crippen LogP contribution < -0.4 is 5.32 Å². The molecule has 3 nitrogen and oxygen atoms in total. The van der Waals surface area contributed by atoms with Gasteiger partial charge >= 0.3 is 0 Å². The highest BCUT2D eigenvalue weighted by atomic mass is 15.1. The Labute approximate surface area is 107 Å². The smallest absolute Gasteiger partial charge is 0.223 e. The normalized spacial score (nSPS) is 14.8. The van der Waals surface area contributed by atoms with E-state index < -0.39 is 0 Å². The lowest BCUT2D eigenvalue weighted by Gasteiger charge is -2.06. The third-order valence-electron chi connectivity index (χ3n) is 3.35. The zero-order valence-electron chi connectivity index (χ0n) is 10.4. The Morgan fingerprint density at radius 3 is 3.06 bits per heavy atom. The average molecular weight is 239 g/mol. The third-order valence-corrected chi connectivity index (χ3v) is 3.35. The molecule has 0 unspecified atom stereocenters. The van der Waals surface area contributed by atoms with E-state index in [0.29, 0.717) is 0 Å². The van der Waals surface area contributed by atoms with E-state index in [9.17, 15) is 0 Å². The van der Waals surface area contributed by atoms with Crippen molar-refractivity contribution in [1.29, 1.82) is 0 Å². The van der Waals surface area contributed by atoms with Gasteiger partial charge in [0, 0.05) is 18.1 Å². The van der Waals surface area contributed by atoms with Gasteiger partial charge in [-0.15, -0.1) is 0 Å². The van der Waals surface area contributed by atoms with Crippen LogP contribution in [-0.2, 0) is 0 Å². The lowest BCUT2D eigenvalue weighted by Crippen LogP contribution is -2.05. The van der Waals surface area contributed by atoms with E-state index in [1.54, 1.807) is 5.57 Å². The van der Waals surface area contributed by atoms with E-state index >= 15 is 0 Å². The lowest BCUT2D eigenvalue weighted by molar-refractivity contribution is 0.860. The van der Waals surface area contributed by atoms with Crippen LogP contribution in [0.2, 0.25) is 0 Å². The van der Waals surface area contributed by atoms with Crippen molar-refractivity contribution in [2.45, 2.75) is 25.7 Å². The summed E-state index contributed by atoms with van der Waals surface area (Å²) in [5.41, 5.74) is 2.57. The van der Waals surface area contributed by atoms with Gasteiger partial charge in [-0.25, -0.2) is 9.97 Å². The van der Waals surface area contributed by atoms with Crippen molar-refractivity contribution in [3.05, 3.63) is 42.1 Å². The van der Waals surface area contributed by atoms with Crippen molar-refractivity contribution in [2.75, 3.05) is 11.9 Å². The minimum absolute atomic E-state index is 0.729. The summed E-state index contributed by atoms with van der Waals surface area (Å²) < 4.78 is 0. The Morgan fingerprint density at radius 2 is 2.17 bits per heavy atom. The monoisotopic (exact) mass is 239 g/mol. The summed E-state index contributed by atoms with van der Waals surface area (Å²) in [5.74, 6) is 0.729. The molecule has 0 spiro atoms. The number of rotatable bonds is 4. The van der Waals surface area contributed by atoms with Crippen molar-refractivity contribution in [2.24, 2.45) is 0 Å². The Hall–Kier alpha value is -1.90. The molecule has 0 amide bonds. The van der Waals surface area contributed by atoms with E-state index in [0.717, 1.165) is 29.8 Å². The van der Waals surface area contributed by atoms with Crippen molar-refractivity contribution in [3.63, 3.8) is 0 Å². The van der Waals surface area contributed by atoms with Gasteiger partial charge in [0.25, 0.3) is 0 Å². The summed E-state index contributed by atoms with van der Waals surface area (Å²) in [5, 5.41) is 4.39. The first-order valence-electron chi connectivity index (χ1n) is 6.55. The summed E-state index contributed by atoms with van der Waals surface area (Å²) in [6, 6.07) is 8.05. The van der Waals surface area contributed by atoms with Crippen molar-refractivity contribution < 1.29 is 0 Å². The molecule has 0 radical (unpaired) electrons. The van der Waals surface area contributed by atoms with Crippen LogP contribution in [0.5, 0.6) is 0 Å². The van der Waals surface area contributed by atoms with E-state index in [-0.39, 0.29) is 0 Å². The van der Waals surface area contributed by atoms with Gasteiger partial charge in [0.2, 0.25) is 5.95 Å². The van der Waals surface area contributed by atoms with Gasteiger partial charge in [0.1, 0.15) is 0 Å². The maximum Gasteiger partial charge on any atom is 0.223 e. The number of allylic oxidation sites excluding steroid dienone is 1. The largest absolute Gasteiger partial charge is 0.354 e. The van der Waals surface area contributed by atoms with Crippen LogP contribution in [0.4, 0.5) is 5.95 Å². The SMILES string of the molecule is C1=C(CCNc2ncc3ccccc3n2)CCC1. The molecule has 1 aliphatic carbocycles. The predicted octanol–water partition coefficient (Wildman–Crippen LogP) is 3.54. The molecule has 0 saturated heterocycles. The molecule has 1 heterocycles. The molecule has 18 heavy (non-hydrogen) atoms. The van der Waals surface area contributed by atoms with Crippen molar-refractivity contribution >= 4 is 16.9 Å². The maximum absolute atomic E-state index is 4.50. The first-order valence-corrected chi connectivity index (χ1v) is 6.55. The number of para-hydroxylation sites is 1. The summed E-state index contributed by atoms with van der Waals surface area (Å²) in [7, 11) is 0. The molecule has 1 aromatic heterocycles. The molecule has 1 aromatic carbocycles. The summed E-state index contributed by atoms with van der Waals surface area (Å²) in [6.45, 7) is 0.921. The van der Waals surface area contributed by atoms with Crippen LogP contribution in [0.1, 0.15) is 25.7 Å². The fourth-order valence-corrected chi connectivity index (χ4v) is 2.36. The first kappa shape index (κ1) is 11.2. The standard InChI is InChI=1S/C15H17N3/c1-2-6-12(5-1)9-10-16-15-17-11-13-7-3-4-8-14(13)18-15/h3-5,7-8,11H,1-2,6,9-10H2,(H,16,17,18). The molecule has 92 valence electrons. The molecule has 3 rings (SSSR count). The fraction of sp³-hybridized carbons (Fsp3) is 0.333. The van der Waals surface area contributed by atoms with Gasteiger partial charge in [-0.2, -0.15) is 0 Å². The Kier molecular flexibility index (Phi) is 3.22. The molecule has 0 saturated carbocycles. The van der Waals surface area contributed by atoms with Crippen molar-refractivity contribution in [1.82, 2.24) is 9.97 Å². The average Bonchev–Trinajstić information content (AvgIpc) is 2.92. The number of benzene rings is 1. The van der Waals surface area contributed by atoms with E-state index in [4.69, 9.17) is 0 Å². The van der Waals surface area contributed by atoms with Gasteiger partial charge in [-0.3, -0.25) is 0 Å². The van der Waals surface area contributed by atoms with Gasteiger partial charge < -0.3 is 5.32 Å². The molecule has 1 aliphatic rings. The highest BCUT2D eigenvalue weighted by Crippen LogP contribution is 2.20. The van der Waals surface area contributed by atoms with Crippen molar-refractivity contribution in [3.8, 4) is 0 Å². The highest BCUT2D eigenvalue weighted by molar-refractivity contribution is 5.78. The van der Waals surface area contributed by atoms with E-state index in [2.05, 4.69) is 21.4 Å². The third kappa shape index (κ3) is 2.50. The second-order valence-electron chi connectivity index (χ2n) is 4.68. The minimum atomic E-state index is 0.729.